The Morgan fingerprint density at radius 2 is 1.85 bits per heavy atom. The molecule has 1 amide bonds. The molecular weight excluding hydrogens is 486 g/mol. The Hall–Kier alpha value is -3.81. The topological polar surface area (TPSA) is 109 Å². The van der Waals surface area contributed by atoms with Crippen LogP contribution in [0.2, 0.25) is 10.0 Å². The Labute approximate surface area is 193 Å². The van der Waals surface area contributed by atoms with Gasteiger partial charge in [-0.05, 0) is 36.4 Å². The average molecular weight is 496 g/mol. The van der Waals surface area contributed by atoms with Crippen LogP contribution < -0.4 is 5.32 Å². The molecule has 0 spiro atoms. The Balaban J connectivity index is 1.86. The summed E-state index contributed by atoms with van der Waals surface area (Å²) in [5.41, 5.74) is -1.62. The maximum Gasteiger partial charge on any atom is 0.416 e. The first-order valence-corrected chi connectivity index (χ1v) is 9.59. The minimum atomic E-state index is -4.58. The number of alkyl halides is 3. The fourth-order valence-corrected chi connectivity index (χ4v) is 3.10. The molecular formula is C21H10Cl2F3N3O4. The number of benzene rings is 2. The van der Waals surface area contributed by atoms with Gasteiger partial charge in [-0.2, -0.15) is 18.4 Å². The molecule has 7 nitrogen and oxygen atoms in total. The van der Waals surface area contributed by atoms with Crippen LogP contribution in [-0.4, -0.2) is 10.8 Å². The molecule has 3 aromatic rings. The van der Waals surface area contributed by atoms with Crippen molar-refractivity contribution < 1.29 is 27.3 Å². The molecule has 168 valence electrons. The summed E-state index contributed by atoms with van der Waals surface area (Å²) < 4.78 is 44.4. The largest absolute Gasteiger partial charge is 0.457 e. The Bertz CT molecular complexity index is 1330. The van der Waals surface area contributed by atoms with Crippen LogP contribution in [0.15, 0.2) is 58.5 Å². The van der Waals surface area contributed by atoms with Gasteiger partial charge in [0.15, 0.2) is 0 Å². The van der Waals surface area contributed by atoms with Gasteiger partial charge in [-0.25, -0.2) is 0 Å². The minimum Gasteiger partial charge on any atom is -0.457 e. The summed E-state index contributed by atoms with van der Waals surface area (Å²) in [4.78, 5) is 22.5. The number of carbonyl (C=O) groups is 1. The number of carbonyl (C=O) groups excluding carboxylic acids is 1. The monoisotopic (exact) mass is 495 g/mol. The van der Waals surface area contributed by atoms with Gasteiger partial charge in [-0.1, -0.05) is 23.2 Å². The van der Waals surface area contributed by atoms with Crippen molar-refractivity contribution >= 4 is 46.6 Å². The number of hydrogen-bond acceptors (Lipinski definition) is 5. The predicted octanol–water partition coefficient (Wildman–Crippen LogP) is 6.73. The molecule has 0 unspecified atom stereocenters. The highest BCUT2D eigenvalue weighted by Gasteiger charge is 2.31. The number of nitro benzene ring substituents is 1. The predicted molar refractivity (Wildman–Crippen MR) is 114 cm³/mol. The van der Waals surface area contributed by atoms with Gasteiger partial charge in [0, 0.05) is 23.8 Å². The van der Waals surface area contributed by atoms with E-state index in [-0.39, 0.29) is 38.5 Å². The van der Waals surface area contributed by atoms with Crippen LogP contribution in [0.5, 0.6) is 0 Å². The molecule has 33 heavy (non-hydrogen) atoms. The molecule has 2 aromatic carbocycles. The van der Waals surface area contributed by atoms with E-state index in [1.54, 1.807) is 6.07 Å². The number of furan rings is 1. The molecule has 0 saturated carbocycles. The Kier molecular flexibility index (Phi) is 6.76. The van der Waals surface area contributed by atoms with Crippen molar-refractivity contribution in [3.8, 4) is 17.4 Å². The number of rotatable bonds is 5. The molecule has 0 bridgehead atoms. The zero-order valence-corrected chi connectivity index (χ0v) is 17.6. The molecule has 12 heteroatoms. The van der Waals surface area contributed by atoms with Gasteiger partial charge in [0.2, 0.25) is 0 Å². The van der Waals surface area contributed by atoms with Gasteiger partial charge in [0.25, 0.3) is 11.6 Å². The van der Waals surface area contributed by atoms with Crippen LogP contribution in [0.4, 0.5) is 24.5 Å². The molecule has 1 aromatic heterocycles. The van der Waals surface area contributed by atoms with E-state index < -0.39 is 28.1 Å². The molecule has 0 atom stereocenters. The molecule has 3 rings (SSSR count). The second kappa shape index (κ2) is 9.36. The number of hydrogen-bond donors (Lipinski definition) is 1. The lowest BCUT2D eigenvalue weighted by Gasteiger charge is -2.09. The molecule has 0 radical (unpaired) electrons. The summed E-state index contributed by atoms with van der Waals surface area (Å²) in [7, 11) is 0. The van der Waals surface area contributed by atoms with Gasteiger partial charge < -0.3 is 9.73 Å². The van der Waals surface area contributed by atoms with Crippen LogP contribution in [0, 0.1) is 21.4 Å². The van der Waals surface area contributed by atoms with Crippen LogP contribution in [0.1, 0.15) is 11.3 Å². The average Bonchev–Trinajstić information content (AvgIpc) is 3.21. The third kappa shape index (κ3) is 5.52. The molecule has 0 fully saturated rings. The van der Waals surface area contributed by atoms with E-state index in [0.717, 1.165) is 36.4 Å². The van der Waals surface area contributed by atoms with E-state index in [9.17, 15) is 33.3 Å². The maximum atomic E-state index is 13.0. The molecule has 0 aliphatic rings. The number of halogens is 5. The summed E-state index contributed by atoms with van der Waals surface area (Å²) in [5.74, 6) is -0.892. The molecule has 1 N–H and O–H groups in total. The fourth-order valence-electron chi connectivity index (χ4n) is 2.67. The third-order valence-corrected chi connectivity index (χ3v) is 4.89. The van der Waals surface area contributed by atoms with E-state index in [4.69, 9.17) is 27.6 Å². The van der Waals surface area contributed by atoms with Gasteiger partial charge in [-0.3, -0.25) is 14.9 Å². The van der Waals surface area contributed by atoms with Crippen LogP contribution >= 0.6 is 23.2 Å². The van der Waals surface area contributed by atoms with Crippen LogP contribution in [0.3, 0.4) is 0 Å². The quantitative estimate of drug-likeness (QED) is 0.182. The van der Waals surface area contributed by atoms with Crippen molar-refractivity contribution in [2.24, 2.45) is 0 Å². The first kappa shape index (κ1) is 23.8. The van der Waals surface area contributed by atoms with Gasteiger partial charge in [0.05, 0.1) is 26.2 Å². The first-order valence-electron chi connectivity index (χ1n) is 8.83. The van der Waals surface area contributed by atoms with E-state index in [1.807, 2.05) is 0 Å². The second-order valence-electron chi connectivity index (χ2n) is 6.44. The standard InChI is InChI=1S/C21H10Cl2F3N3O4/c22-16-4-1-12(21(24,25)26)8-15(16)19-6-3-14(33-19)7-11(10-27)20(30)28-18-5-2-13(29(31)32)9-17(18)23/h1-9H,(H,28,30)/b11-7+. The smallest absolute Gasteiger partial charge is 0.416 e. The Morgan fingerprint density at radius 3 is 2.45 bits per heavy atom. The number of amides is 1. The van der Waals surface area contributed by atoms with Crippen LogP contribution in [0.25, 0.3) is 17.4 Å². The summed E-state index contributed by atoms with van der Waals surface area (Å²) in [5, 5.41) is 22.3. The van der Waals surface area contributed by atoms with Gasteiger partial charge in [0.1, 0.15) is 23.2 Å². The molecule has 0 saturated heterocycles. The number of nitro groups is 1. The van der Waals surface area contributed by atoms with Crippen molar-refractivity contribution in [2.45, 2.75) is 6.18 Å². The zero-order chi connectivity index (χ0) is 24.3. The molecule has 1 heterocycles. The minimum absolute atomic E-state index is 0.0000233. The lowest BCUT2D eigenvalue weighted by Crippen LogP contribution is -2.13. The zero-order valence-electron chi connectivity index (χ0n) is 16.1. The van der Waals surface area contributed by atoms with Crippen LogP contribution in [-0.2, 0) is 11.0 Å². The van der Waals surface area contributed by atoms with E-state index in [0.29, 0.717) is 0 Å². The van der Waals surface area contributed by atoms with Gasteiger partial charge in [-0.15, -0.1) is 0 Å². The van der Waals surface area contributed by atoms with E-state index in [2.05, 4.69) is 5.32 Å². The lowest BCUT2D eigenvalue weighted by atomic mass is 10.1. The number of nitrogens with one attached hydrogen (secondary N) is 1. The number of anilines is 1. The fraction of sp³-hybridized carbons (Fsp3) is 0.0476. The Morgan fingerprint density at radius 1 is 1.12 bits per heavy atom. The highest BCUT2D eigenvalue weighted by Crippen LogP contribution is 2.36. The van der Waals surface area contributed by atoms with E-state index >= 15 is 0 Å². The highest BCUT2D eigenvalue weighted by molar-refractivity contribution is 6.34. The lowest BCUT2D eigenvalue weighted by molar-refractivity contribution is -0.384. The normalized spacial score (nSPS) is 11.7. The van der Waals surface area contributed by atoms with Crippen molar-refractivity contribution in [2.75, 3.05) is 5.32 Å². The third-order valence-electron chi connectivity index (χ3n) is 4.25. The highest BCUT2D eigenvalue weighted by atomic mass is 35.5. The van der Waals surface area contributed by atoms with Crippen molar-refractivity contribution in [1.29, 1.82) is 5.26 Å². The summed E-state index contributed by atoms with van der Waals surface area (Å²) in [6.45, 7) is 0. The summed E-state index contributed by atoms with van der Waals surface area (Å²) >= 11 is 11.9. The number of nitriles is 1. The van der Waals surface area contributed by atoms with Crippen molar-refractivity contribution in [1.82, 2.24) is 0 Å². The molecule has 0 aliphatic heterocycles. The van der Waals surface area contributed by atoms with Crippen molar-refractivity contribution in [3.05, 3.63) is 85.6 Å². The second-order valence-corrected chi connectivity index (χ2v) is 7.25. The van der Waals surface area contributed by atoms with E-state index in [1.165, 1.54) is 18.2 Å². The van der Waals surface area contributed by atoms with Crippen molar-refractivity contribution in [3.63, 3.8) is 0 Å². The number of non-ortho nitro benzene ring substituents is 1. The first-order chi connectivity index (χ1) is 15.5. The number of nitrogens with zero attached hydrogens (tertiary/aromatic N) is 2. The SMILES string of the molecule is N#C/C(=C\c1ccc(-c2cc(C(F)(F)F)ccc2Cl)o1)C(=O)Nc1ccc([N+](=O)[O-])cc1Cl. The maximum absolute atomic E-state index is 13.0. The molecule has 0 aliphatic carbocycles. The summed E-state index contributed by atoms with van der Waals surface area (Å²) in [6.07, 6.45) is -3.51. The summed E-state index contributed by atoms with van der Waals surface area (Å²) in [6, 6.07) is 10.4. The van der Waals surface area contributed by atoms with Gasteiger partial charge >= 0.3 is 6.18 Å².